The zero-order valence-electron chi connectivity index (χ0n) is 7.70. The van der Waals surface area contributed by atoms with Gasteiger partial charge in [0.1, 0.15) is 5.75 Å². The highest BCUT2D eigenvalue weighted by molar-refractivity contribution is 9.10. The van der Waals surface area contributed by atoms with Gasteiger partial charge in [0, 0.05) is 5.56 Å². The zero-order chi connectivity index (χ0) is 10.7. The fourth-order valence-corrected chi connectivity index (χ4v) is 1.75. The monoisotopic (exact) mass is 257 g/mol. The number of Topliss-reactive ketones (excluding diaryl/α,β-unsaturated/α-hetero) is 1. The van der Waals surface area contributed by atoms with Crippen LogP contribution in [-0.4, -0.2) is 12.9 Å². The van der Waals surface area contributed by atoms with Crippen LogP contribution >= 0.6 is 15.9 Å². The number of benzene rings is 1. The summed E-state index contributed by atoms with van der Waals surface area (Å²) in [6.45, 7) is 1.42. The molecule has 0 saturated carbocycles. The second-order valence-electron chi connectivity index (χ2n) is 2.63. The van der Waals surface area contributed by atoms with Gasteiger partial charge in [0.2, 0.25) is 0 Å². The van der Waals surface area contributed by atoms with Crippen LogP contribution in [-0.2, 0) is 0 Å². The molecule has 0 heterocycles. The Labute approximate surface area is 89.4 Å². The van der Waals surface area contributed by atoms with E-state index in [0.717, 1.165) is 0 Å². The van der Waals surface area contributed by atoms with E-state index in [-0.39, 0.29) is 11.5 Å². The molecule has 0 aliphatic rings. The van der Waals surface area contributed by atoms with Crippen molar-refractivity contribution in [2.45, 2.75) is 6.92 Å². The Morgan fingerprint density at radius 3 is 2.57 bits per heavy atom. The average Bonchev–Trinajstić information content (AvgIpc) is 2.16. The van der Waals surface area contributed by atoms with Crippen molar-refractivity contribution in [2.24, 2.45) is 5.18 Å². The van der Waals surface area contributed by atoms with Gasteiger partial charge in [-0.25, -0.2) is 0 Å². The highest BCUT2D eigenvalue weighted by Crippen LogP contribution is 2.37. The summed E-state index contributed by atoms with van der Waals surface area (Å²) in [5, 5.41) is 2.81. The van der Waals surface area contributed by atoms with Crippen molar-refractivity contribution in [3.8, 4) is 5.75 Å². The Balaban J connectivity index is 3.42. The summed E-state index contributed by atoms with van der Waals surface area (Å²) in [6, 6.07) is 3.12. The molecule has 0 N–H and O–H groups in total. The van der Waals surface area contributed by atoms with Crippen molar-refractivity contribution < 1.29 is 9.53 Å². The van der Waals surface area contributed by atoms with E-state index >= 15 is 0 Å². The van der Waals surface area contributed by atoms with Crippen LogP contribution in [0.2, 0.25) is 0 Å². The normalized spacial score (nSPS) is 9.64. The largest absolute Gasteiger partial charge is 0.494 e. The number of carbonyl (C=O) groups is 1. The lowest BCUT2D eigenvalue weighted by molar-refractivity contribution is 0.101. The molecule has 5 heteroatoms. The number of carbonyl (C=O) groups excluding carboxylic acids is 1. The molecule has 4 nitrogen and oxygen atoms in total. The lowest BCUT2D eigenvalue weighted by Gasteiger charge is -2.06. The lowest BCUT2D eigenvalue weighted by atomic mass is 10.1. The summed E-state index contributed by atoms with van der Waals surface area (Å²) < 4.78 is 5.29. The van der Waals surface area contributed by atoms with Gasteiger partial charge in [-0.15, -0.1) is 4.91 Å². The molecular weight excluding hydrogens is 250 g/mol. The van der Waals surface area contributed by atoms with E-state index in [2.05, 4.69) is 21.1 Å². The third kappa shape index (κ3) is 1.82. The molecule has 0 bridgehead atoms. The standard InChI is InChI=1S/C9H8BrNO3/c1-5(12)6-3-4-7(14-2)9(11-13)8(6)10/h3-4H,1-2H3. The quantitative estimate of drug-likeness (QED) is 0.618. The van der Waals surface area contributed by atoms with Crippen LogP contribution in [0.1, 0.15) is 17.3 Å². The molecule has 0 spiro atoms. The summed E-state index contributed by atoms with van der Waals surface area (Å²) in [5.41, 5.74) is 0.528. The molecule has 0 aliphatic carbocycles. The van der Waals surface area contributed by atoms with Crippen LogP contribution in [0, 0.1) is 4.91 Å². The molecule has 0 unspecified atom stereocenters. The number of ketones is 1. The van der Waals surface area contributed by atoms with E-state index in [1.54, 1.807) is 6.07 Å². The number of nitrogens with zero attached hydrogens (tertiary/aromatic N) is 1. The van der Waals surface area contributed by atoms with E-state index in [1.807, 2.05) is 0 Å². The molecular formula is C9H8BrNO3. The summed E-state index contributed by atoms with van der Waals surface area (Å²) in [6.07, 6.45) is 0. The predicted octanol–water partition coefficient (Wildman–Crippen LogP) is 3.06. The van der Waals surface area contributed by atoms with E-state index in [0.29, 0.717) is 15.8 Å². The number of hydrogen-bond acceptors (Lipinski definition) is 4. The first-order valence-electron chi connectivity index (χ1n) is 3.82. The van der Waals surface area contributed by atoms with Gasteiger partial charge in [0.05, 0.1) is 11.6 Å². The first-order chi connectivity index (χ1) is 6.61. The second kappa shape index (κ2) is 4.32. The minimum atomic E-state index is -0.135. The van der Waals surface area contributed by atoms with Crippen LogP contribution in [0.3, 0.4) is 0 Å². The van der Waals surface area contributed by atoms with Gasteiger partial charge in [-0.3, -0.25) is 4.79 Å². The van der Waals surface area contributed by atoms with E-state index in [4.69, 9.17) is 4.74 Å². The van der Waals surface area contributed by atoms with Gasteiger partial charge in [-0.05, 0) is 40.2 Å². The SMILES string of the molecule is COc1ccc(C(C)=O)c(Br)c1N=O. The first-order valence-corrected chi connectivity index (χ1v) is 4.62. The molecule has 0 aliphatic heterocycles. The first kappa shape index (κ1) is 10.8. The zero-order valence-corrected chi connectivity index (χ0v) is 9.29. The molecule has 1 rings (SSSR count). The topological polar surface area (TPSA) is 55.7 Å². The van der Waals surface area contributed by atoms with Gasteiger partial charge in [0.15, 0.2) is 11.5 Å². The van der Waals surface area contributed by atoms with Gasteiger partial charge >= 0.3 is 0 Å². The third-order valence-electron chi connectivity index (χ3n) is 1.77. The highest BCUT2D eigenvalue weighted by atomic mass is 79.9. The van der Waals surface area contributed by atoms with Crippen LogP contribution in [0.15, 0.2) is 21.8 Å². The molecule has 0 radical (unpaired) electrons. The molecule has 1 aromatic rings. The number of nitroso groups, excluding NO2 is 1. The Morgan fingerprint density at radius 2 is 2.14 bits per heavy atom. The van der Waals surface area contributed by atoms with Gasteiger partial charge < -0.3 is 4.74 Å². The number of rotatable bonds is 3. The summed E-state index contributed by atoms with van der Waals surface area (Å²) in [4.78, 5) is 21.6. The van der Waals surface area contributed by atoms with Crippen LogP contribution in [0.25, 0.3) is 0 Å². The molecule has 0 aromatic heterocycles. The Hall–Kier alpha value is -1.23. The molecule has 1 aromatic carbocycles. The van der Waals surface area contributed by atoms with E-state index in [1.165, 1.54) is 20.1 Å². The summed E-state index contributed by atoms with van der Waals surface area (Å²) in [7, 11) is 1.43. The van der Waals surface area contributed by atoms with Gasteiger partial charge in [0.25, 0.3) is 0 Å². The van der Waals surface area contributed by atoms with E-state index < -0.39 is 0 Å². The summed E-state index contributed by atoms with van der Waals surface area (Å²) >= 11 is 3.14. The molecule has 0 fully saturated rings. The fourth-order valence-electron chi connectivity index (χ4n) is 1.07. The predicted molar refractivity (Wildman–Crippen MR) is 56.2 cm³/mol. The van der Waals surface area contributed by atoms with Crippen molar-refractivity contribution in [1.29, 1.82) is 0 Å². The smallest absolute Gasteiger partial charge is 0.164 e. The lowest BCUT2D eigenvalue weighted by Crippen LogP contribution is -1.95. The number of methoxy groups -OCH3 is 1. The Morgan fingerprint density at radius 1 is 1.50 bits per heavy atom. The minimum Gasteiger partial charge on any atom is -0.494 e. The highest BCUT2D eigenvalue weighted by Gasteiger charge is 2.14. The maximum atomic E-state index is 11.1. The van der Waals surface area contributed by atoms with Crippen molar-refractivity contribution in [2.75, 3.05) is 7.11 Å². The van der Waals surface area contributed by atoms with E-state index in [9.17, 15) is 9.70 Å². The number of hydrogen-bond donors (Lipinski definition) is 0. The third-order valence-corrected chi connectivity index (χ3v) is 2.57. The Kier molecular flexibility index (Phi) is 3.35. The van der Waals surface area contributed by atoms with Crippen LogP contribution in [0.4, 0.5) is 5.69 Å². The summed E-state index contributed by atoms with van der Waals surface area (Å²) in [5.74, 6) is 0.210. The number of halogens is 1. The molecule has 14 heavy (non-hydrogen) atoms. The van der Waals surface area contributed by atoms with Gasteiger partial charge in [-0.1, -0.05) is 0 Å². The average molecular weight is 258 g/mol. The maximum absolute atomic E-state index is 11.1. The number of ether oxygens (including phenoxy) is 1. The van der Waals surface area contributed by atoms with Crippen molar-refractivity contribution in [1.82, 2.24) is 0 Å². The van der Waals surface area contributed by atoms with Crippen LogP contribution in [0.5, 0.6) is 5.75 Å². The maximum Gasteiger partial charge on any atom is 0.164 e. The van der Waals surface area contributed by atoms with Crippen molar-refractivity contribution in [3.63, 3.8) is 0 Å². The molecule has 74 valence electrons. The molecule has 0 saturated heterocycles. The van der Waals surface area contributed by atoms with Gasteiger partial charge in [-0.2, -0.15) is 0 Å². The van der Waals surface area contributed by atoms with Crippen LogP contribution < -0.4 is 4.74 Å². The van der Waals surface area contributed by atoms with Crippen molar-refractivity contribution in [3.05, 3.63) is 27.1 Å². The van der Waals surface area contributed by atoms with Crippen molar-refractivity contribution >= 4 is 27.4 Å². The fraction of sp³-hybridized carbons (Fsp3) is 0.222. The molecule has 0 amide bonds. The second-order valence-corrected chi connectivity index (χ2v) is 3.42. The minimum absolute atomic E-state index is 0.111. The Bertz CT molecular complexity index is 390. The molecule has 0 atom stereocenters.